The van der Waals surface area contributed by atoms with Crippen molar-refractivity contribution in [3.05, 3.63) is 0 Å². The van der Waals surface area contributed by atoms with Gasteiger partial charge in [-0.3, -0.25) is 14.7 Å². The van der Waals surface area contributed by atoms with Gasteiger partial charge in [-0.2, -0.15) is 0 Å². The zero-order chi connectivity index (χ0) is 20.0. The third-order valence-electron chi connectivity index (χ3n) is 5.53. The number of likely N-dealkylation sites (tertiary alicyclic amines) is 1. The summed E-state index contributed by atoms with van der Waals surface area (Å²) in [5.74, 6) is 0.871. The van der Waals surface area contributed by atoms with Crippen molar-refractivity contribution in [2.75, 3.05) is 72.1 Å². The van der Waals surface area contributed by atoms with E-state index in [1.807, 2.05) is 0 Å². The van der Waals surface area contributed by atoms with Crippen LogP contribution in [0.1, 0.15) is 39.0 Å². The minimum absolute atomic E-state index is 0.0834. The summed E-state index contributed by atoms with van der Waals surface area (Å²) < 4.78 is 5.38. The smallest absolute Gasteiger partial charge is 0.220 e. The van der Waals surface area contributed by atoms with E-state index in [0.717, 1.165) is 110 Å². The maximum Gasteiger partial charge on any atom is 0.220 e. The van der Waals surface area contributed by atoms with Crippen LogP contribution in [0, 0.1) is 5.92 Å². The minimum Gasteiger partial charge on any atom is -0.379 e. The van der Waals surface area contributed by atoms with E-state index < -0.39 is 0 Å². The lowest BCUT2D eigenvalue weighted by Gasteiger charge is -2.30. The predicted molar refractivity (Wildman–Crippen MR) is 113 cm³/mol. The molecule has 2 rings (SSSR count). The van der Waals surface area contributed by atoms with Crippen molar-refractivity contribution in [2.45, 2.75) is 39.0 Å². The molecule has 0 saturated carbocycles. The van der Waals surface area contributed by atoms with Gasteiger partial charge in [0.05, 0.1) is 13.2 Å². The van der Waals surface area contributed by atoms with Crippen molar-refractivity contribution in [3.63, 3.8) is 0 Å². The number of carbonyl (C=O) groups is 1. The topological polar surface area (TPSA) is 95.2 Å². The number of ether oxygens (including phenoxy) is 1. The first kappa shape index (κ1) is 22.9. The molecular formula is C20H40N6O2. The lowest BCUT2D eigenvalue weighted by Crippen LogP contribution is -2.40. The highest BCUT2D eigenvalue weighted by molar-refractivity contribution is 5.79. The summed E-state index contributed by atoms with van der Waals surface area (Å²) in [4.78, 5) is 20.8. The number of rotatable bonds is 11. The standard InChI is InChI=1S/C20H40N6O2/c1-2-22-20(24-9-5-11-26-14-16-28-17-15-26)23-8-3-4-10-25-12-6-18(7-13-25)19(21)27/h18H,2-17H2,1H3,(H2,21,27)(H2,22,23,24). The lowest BCUT2D eigenvalue weighted by molar-refractivity contribution is -0.123. The monoisotopic (exact) mass is 396 g/mol. The van der Waals surface area contributed by atoms with E-state index in [-0.39, 0.29) is 11.8 Å². The van der Waals surface area contributed by atoms with E-state index in [4.69, 9.17) is 15.5 Å². The molecule has 0 aromatic heterocycles. The van der Waals surface area contributed by atoms with Gasteiger partial charge in [-0.05, 0) is 58.7 Å². The minimum atomic E-state index is -0.135. The van der Waals surface area contributed by atoms with Crippen LogP contribution in [0.5, 0.6) is 0 Å². The molecule has 0 unspecified atom stereocenters. The molecule has 162 valence electrons. The first-order valence-corrected chi connectivity index (χ1v) is 11.0. The number of nitrogens with two attached hydrogens (primary N) is 1. The highest BCUT2D eigenvalue weighted by Gasteiger charge is 2.22. The molecule has 0 bridgehead atoms. The molecule has 2 saturated heterocycles. The van der Waals surface area contributed by atoms with Crippen molar-refractivity contribution < 1.29 is 9.53 Å². The Morgan fingerprint density at radius 1 is 1.04 bits per heavy atom. The molecule has 1 amide bonds. The molecule has 0 aromatic rings. The second-order valence-electron chi connectivity index (χ2n) is 7.72. The number of aliphatic imine (C=N–C) groups is 1. The Kier molecular flexibility index (Phi) is 11.2. The first-order chi connectivity index (χ1) is 13.7. The van der Waals surface area contributed by atoms with E-state index in [1.165, 1.54) is 0 Å². The molecule has 2 heterocycles. The Balaban J connectivity index is 1.52. The molecule has 0 radical (unpaired) electrons. The van der Waals surface area contributed by atoms with Gasteiger partial charge in [0, 0.05) is 45.2 Å². The van der Waals surface area contributed by atoms with Crippen LogP contribution in [0.2, 0.25) is 0 Å². The van der Waals surface area contributed by atoms with Gasteiger partial charge in [-0.1, -0.05) is 0 Å². The van der Waals surface area contributed by atoms with Crippen molar-refractivity contribution in [2.24, 2.45) is 16.6 Å². The third kappa shape index (κ3) is 9.21. The number of hydrogen-bond donors (Lipinski definition) is 3. The fraction of sp³-hybridized carbons (Fsp3) is 0.900. The number of piperidine rings is 1. The van der Waals surface area contributed by atoms with Crippen molar-refractivity contribution >= 4 is 11.9 Å². The van der Waals surface area contributed by atoms with Crippen LogP contribution >= 0.6 is 0 Å². The molecule has 0 atom stereocenters. The van der Waals surface area contributed by atoms with E-state index >= 15 is 0 Å². The van der Waals surface area contributed by atoms with Gasteiger partial charge in [-0.25, -0.2) is 0 Å². The van der Waals surface area contributed by atoms with Crippen LogP contribution in [0.25, 0.3) is 0 Å². The van der Waals surface area contributed by atoms with Gasteiger partial charge in [0.25, 0.3) is 0 Å². The zero-order valence-corrected chi connectivity index (χ0v) is 17.6. The molecule has 0 aliphatic carbocycles. The summed E-state index contributed by atoms with van der Waals surface area (Å²) in [6, 6.07) is 0. The van der Waals surface area contributed by atoms with Crippen LogP contribution in [0.3, 0.4) is 0 Å². The lowest BCUT2D eigenvalue weighted by atomic mass is 9.96. The predicted octanol–water partition coefficient (Wildman–Crippen LogP) is 0.241. The van der Waals surface area contributed by atoms with Crippen LogP contribution < -0.4 is 16.4 Å². The summed E-state index contributed by atoms with van der Waals surface area (Å²) in [5.41, 5.74) is 5.40. The average Bonchev–Trinajstić information content (AvgIpc) is 2.72. The number of carbonyl (C=O) groups excluding carboxylic acids is 1. The average molecular weight is 397 g/mol. The van der Waals surface area contributed by atoms with Crippen LogP contribution in [0.4, 0.5) is 0 Å². The van der Waals surface area contributed by atoms with Gasteiger partial charge >= 0.3 is 0 Å². The summed E-state index contributed by atoms with van der Waals surface area (Å²) in [7, 11) is 0. The van der Waals surface area contributed by atoms with Crippen molar-refractivity contribution in [1.29, 1.82) is 0 Å². The summed E-state index contributed by atoms with van der Waals surface area (Å²) in [6.07, 6.45) is 5.18. The Morgan fingerprint density at radius 3 is 2.39 bits per heavy atom. The number of primary amides is 1. The van der Waals surface area contributed by atoms with Gasteiger partial charge in [-0.15, -0.1) is 0 Å². The van der Waals surface area contributed by atoms with E-state index in [1.54, 1.807) is 0 Å². The molecule has 28 heavy (non-hydrogen) atoms. The largest absolute Gasteiger partial charge is 0.379 e. The Hall–Kier alpha value is -1.38. The number of guanidine groups is 1. The molecule has 2 fully saturated rings. The van der Waals surface area contributed by atoms with Gasteiger partial charge in [0.15, 0.2) is 5.96 Å². The van der Waals surface area contributed by atoms with E-state index in [2.05, 4.69) is 27.4 Å². The fourth-order valence-electron chi connectivity index (χ4n) is 3.76. The summed E-state index contributed by atoms with van der Waals surface area (Å²) >= 11 is 0. The molecule has 8 heteroatoms. The summed E-state index contributed by atoms with van der Waals surface area (Å²) in [6.45, 7) is 12.7. The number of hydrogen-bond acceptors (Lipinski definition) is 5. The zero-order valence-electron chi connectivity index (χ0n) is 17.6. The SMILES string of the molecule is CCNC(=NCCCN1CCOCC1)NCCCCN1CCC(C(N)=O)CC1. The molecule has 2 aliphatic rings. The van der Waals surface area contributed by atoms with Crippen LogP contribution in [0.15, 0.2) is 4.99 Å². The fourth-order valence-corrected chi connectivity index (χ4v) is 3.76. The second kappa shape index (κ2) is 13.7. The maximum absolute atomic E-state index is 11.2. The number of nitrogens with zero attached hydrogens (tertiary/aromatic N) is 3. The number of morpholine rings is 1. The van der Waals surface area contributed by atoms with Gasteiger partial charge in [0.2, 0.25) is 5.91 Å². The Bertz CT molecular complexity index is 460. The van der Waals surface area contributed by atoms with Gasteiger partial charge < -0.3 is 26.0 Å². The quantitative estimate of drug-likeness (QED) is 0.263. The van der Waals surface area contributed by atoms with E-state index in [9.17, 15) is 4.79 Å². The Morgan fingerprint density at radius 2 is 1.71 bits per heavy atom. The van der Waals surface area contributed by atoms with Crippen molar-refractivity contribution in [1.82, 2.24) is 20.4 Å². The normalized spacial score (nSPS) is 20.2. The molecule has 2 aliphatic heterocycles. The number of amides is 1. The molecule has 0 aromatic carbocycles. The number of nitrogens with one attached hydrogen (secondary N) is 2. The maximum atomic E-state index is 11.2. The molecule has 4 N–H and O–H groups in total. The Labute approximate surface area is 170 Å². The summed E-state index contributed by atoms with van der Waals surface area (Å²) in [5, 5.41) is 6.77. The third-order valence-corrected chi connectivity index (χ3v) is 5.53. The van der Waals surface area contributed by atoms with E-state index in [0.29, 0.717) is 0 Å². The first-order valence-electron chi connectivity index (χ1n) is 11.0. The van der Waals surface area contributed by atoms with Crippen LogP contribution in [-0.4, -0.2) is 93.8 Å². The highest BCUT2D eigenvalue weighted by Crippen LogP contribution is 2.16. The van der Waals surface area contributed by atoms with Crippen molar-refractivity contribution in [3.8, 4) is 0 Å². The number of unbranched alkanes of at least 4 members (excludes halogenated alkanes) is 1. The van der Waals surface area contributed by atoms with Gasteiger partial charge in [0.1, 0.15) is 0 Å². The highest BCUT2D eigenvalue weighted by atomic mass is 16.5. The molecule has 0 spiro atoms. The molecule has 8 nitrogen and oxygen atoms in total. The molecular weight excluding hydrogens is 356 g/mol. The van der Waals surface area contributed by atoms with Crippen LogP contribution in [-0.2, 0) is 9.53 Å². The second-order valence-corrected chi connectivity index (χ2v) is 7.72.